The Labute approximate surface area is 320 Å². The topological polar surface area (TPSA) is 129 Å². The van der Waals surface area contributed by atoms with Gasteiger partial charge in [0.1, 0.15) is 13.1 Å². The third kappa shape index (κ3) is 22.9. The van der Waals surface area contributed by atoms with Gasteiger partial charge >= 0.3 is 24.1 Å². The van der Waals surface area contributed by atoms with Crippen LogP contribution in [0.5, 0.6) is 0 Å². The minimum absolute atomic E-state index is 0.191. The highest BCUT2D eigenvalue weighted by atomic mass is 16.6. The number of alkyl carbamates (subject to hydrolysis) is 2. The Bertz CT molecular complexity index is 1560. The number of nitrogens with one attached hydrogen (secondary N) is 2. The summed E-state index contributed by atoms with van der Waals surface area (Å²) in [5.41, 5.74) is 3.91. The molecule has 2 amide bonds. The van der Waals surface area contributed by atoms with Crippen LogP contribution in [0, 0.1) is 47.4 Å². The molecule has 2 aromatic rings. The van der Waals surface area contributed by atoms with Crippen LogP contribution in [0.15, 0.2) is 48.5 Å². The van der Waals surface area contributed by atoms with E-state index in [4.69, 9.17) is 18.9 Å². The second kappa shape index (κ2) is 29.7. The van der Waals surface area contributed by atoms with E-state index in [0.717, 1.165) is 73.6 Å². The molecule has 0 unspecified atom stereocenters. The van der Waals surface area contributed by atoms with Gasteiger partial charge in [-0.1, -0.05) is 74.6 Å². The summed E-state index contributed by atoms with van der Waals surface area (Å²) in [5.74, 6) is 22.9. The second-order valence-corrected chi connectivity index (χ2v) is 12.0. The first-order chi connectivity index (χ1) is 26.4. The highest BCUT2D eigenvalue weighted by Crippen LogP contribution is 2.20. The van der Waals surface area contributed by atoms with Gasteiger partial charge in [0.2, 0.25) is 0 Å². The van der Waals surface area contributed by atoms with Crippen molar-refractivity contribution in [3.05, 3.63) is 59.7 Å². The van der Waals surface area contributed by atoms with Crippen LogP contribution in [0.3, 0.4) is 0 Å². The molecule has 0 fully saturated rings. The van der Waals surface area contributed by atoms with E-state index in [1.54, 1.807) is 0 Å². The maximum atomic E-state index is 11.6. The van der Waals surface area contributed by atoms with Crippen molar-refractivity contribution >= 4 is 24.1 Å². The molecular weight excluding hydrogens is 684 g/mol. The lowest BCUT2D eigenvalue weighted by Gasteiger charge is -2.07. The number of carbonyl (C=O) groups is 4. The Balaban J connectivity index is 1.57. The predicted molar refractivity (Wildman–Crippen MR) is 209 cm³/mol. The fourth-order valence-electron chi connectivity index (χ4n) is 4.38. The van der Waals surface area contributed by atoms with Crippen molar-refractivity contribution in [2.75, 3.05) is 39.5 Å². The van der Waals surface area contributed by atoms with E-state index < -0.39 is 24.1 Å². The summed E-state index contributed by atoms with van der Waals surface area (Å²) in [6.45, 7) is 4.91. The minimum Gasteiger partial charge on any atom is -0.464 e. The Kier molecular flexibility index (Phi) is 24.4. The van der Waals surface area contributed by atoms with E-state index in [0.29, 0.717) is 38.9 Å². The fourth-order valence-corrected chi connectivity index (χ4v) is 4.38. The van der Waals surface area contributed by atoms with Crippen LogP contribution < -0.4 is 10.6 Å². The Morgan fingerprint density at radius 2 is 0.870 bits per heavy atom. The van der Waals surface area contributed by atoms with Crippen LogP contribution in [0.4, 0.5) is 9.59 Å². The van der Waals surface area contributed by atoms with Gasteiger partial charge in [-0.2, -0.15) is 0 Å². The second-order valence-electron chi connectivity index (χ2n) is 12.0. The normalized spacial score (nSPS) is 9.59. The van der Waals surface area contributed by atoms with E-state index >= 15 is 0 Å². The van der Waals surface area contributed by atoms with Gasteiger partial charge in [-0.05, 0) is 110 Å². The van der Waals surface area contributed by atoms with Crippen LogP contribution in [0.2, 0.25) is 0 Å². The van der Waals surface area contributed by atoms with Crippen LogP contribution >= 0.6 is 0 Å². The van der Waals surface area contributed by atoms with Crippen molar-refractivity contribution in [3.8, 4) is 58.5 Å². The number of unbranched alkanes of at least 4 members (excludes halogenated alkanes) is 8. The summed E-state index contributed by atoms with van der Waals surface area (Å²) < 4.78 is 20.1. The molecule has 2 aromatic carbocycles. The number of carbonyl (C=O) groups excluding carboxylic acids is 4. The fraction of sp³-hybridized carbons (Fsp3) is 0.455. The van der Waals surface area contributed by atoms with Gasteiger partial charge in [-0.15, -0.1) is 0 Å². The van der Waals surface area contributed by atoms with Crippen molar-refractivity contribution in [1.29, 1.82) is 0 Å². The highest BCUT2D eigenvalue weighted by molar-refractivity contribution is 5.78. The molecule has 54 heavy (non-hydrogen) atoms. The molecular formula is C44H52N2O8. The molecule has 10 heteroatoms. The summed E-state index contributed by atoms with van der Waals surface area (Å²) in [6, 6.07) is 16.0. The molecule has 0 aliphatic rings. The molecule has 0 atom stereocenters. The van der Waals surface area contributed by atoms with Crippen LogP contribution in [-0.2, 0) is 28.5 Å². The molecule has 0 saturated heterocycles. The van der Waals surface area contributed by atoms with Crippen LogP contribution in [0.25, 0.3) is 11.1 Å². The zero-order valence-corrected chi connectivity index (χ0v) is 31.6. The lowest BCUT2D eigenvalue weighted by molar-refractivity contribution is -0.143. The molecule has 0 heterocycles. The maximum absolute atomic E-state index is 11.6. The van der Waals surface area contributed by atoms with E-state index in [9.17, 15) is 19.2 Å². The average Bonchev–Trinajstić information content (AvgIpc) is 3.18. The molecule has 0 aliphatic heterocycles. The van der Waals surface area contributed by atoms with Crippen LogP contribution in [0.1, 0.15) is 102 Å². The standard InChI is InChI=1S/C44H52N2O8/c1-3-5-31-51-41(47)35-45-43(49)53-33-19-15-11-7-9-13-17-21-37-23-27-39(28-24-37)40-29-25-38(26-30-40)22-18-14-10-8-12-16-20-34-54-44(50)46-36-42(48)52-32-6-4-2/h23-30H,3-8,11-12,15-16,19-20,31-36H2,1-2H3,(H,45,49)(H,46,50). The maximum Gasteiger partial charge on any atom is 0.407 e. The van der Waals surface area contributed by atoms with Crippen LogP contribution in [-0.4, -0.2) is 63.6 Å². The van der Waals surface area contributed by atoms with Gasteiger partial charge in [-0.3, -0.25) is 9.59 Å². The highest BCUT2D eigenvalue weighted by Gasteiger charge is 2.08. The van der Waals surface area contributed by atoms with E-state index in [2.05, 4.69) is 58.0 Å². The molecule has 286 valence electrons. The SMILES string of the molecule is CCCCOC(=O)CNC(=O)OCCCCCC#CC#Cc1ccc(-c2ccc(C#CC#CCCCCCOC(=O)NCC(=O)OCCCC)cc2)cc1. The molecule has 10 nitrogen and oxygen atoms in total. The van der Waals surface area contributed by atoms with Crippen molar-refractivity contribution in [3.63, 3.8) is 0 Å². The van der Waals surface area contributed by atoms with Gasteiger partial charge in [0.05, 0.1) is 26.4 Å². The summed E-state index contributed by atoms with van der Waals surface area (Å²) in [6.07, 6.45) is 8.55. The lowest BCUT2D eigenvalue weighted by atomic mass is 10.0. The largest absolute Gasteiger partial charge is 0.464 e. The van der Waals surface area contributed by atoms with E-state index in [-0.39, 0.29) is 26.3 Å². The molecule has 0 bridgehead atoms. The van der Waals surface area contributed by atoms with Crippen molar-refractivity contribution in [1.82, 2.24) is 10.6 Å². The van der Waals surface area contributed by atoms with Gasteiger partial charge in [0, 0.05) is 24.0 Å². The molecule has 0 spiro atoms. The number of benzene rings is 2. The van der Waals surface area contributed by atoms with E-state index in [1.807, 2.05) is 62.4 Å². The number of ether oxygens (including phenoxy) is 4. The van der Waals surface area contributed by atoms with Gasteiger partial charge < -0.3 is 29.6 Å². The molecule has 0 aliphatic carbocycles. The Morgan fingerprint density at radius 3 is 1.26 bits per heavy atom. The zero-order valence-electron chi connectivity index (χ0n) is 31.6. The summed E-state index contributed by atoms with van der Waals surface area (Å²) in [5, 5.41) is 4.78. The smallest absolute Gasteiger partial charge is 0.407 e. The number of esters is 2. The molecule has 0 saturated carbocycles. The zero-order chi connectivity index (χ0) is 38.9. The molecule has 2 N–H and O–H groups in total. The van der Waals surface area contributed by atoms with Crippen molar-refractivity contribution < 1.29 is 38.1 Å². The van der Waals surface area contributed by atoms with Gasteiger partial charge in [-0.25, -0.2) is 9.59 Å². The monoisotopic (exact) mass is 736 g/mol. The first kappa shape index (κ1) is 44.3. The number of amides is 2. The Hall–Kier alpha value is -5.84. The minimum atomic E-state index is -0.622. The van der Waals surface area contributed by atoms with Crippen molar-refractivity contribution in [2.45, 2.75) is 90.9 Å². The summed E-state index contributed by atoms with van der Waals surface area (Å²) in [7, 11) is 0. The van der Waals surface area contributed by atoms with Gasteiger partial charge in [0.15, 0.2) is 0 Å². The van der Waals surface area contributed by atoms with Gasteiger partial charge in [0.25, 0.3) is 0 Å². The summed E-state index contributed by atoms with van der Waals surface area (Å²) >= 11 is 0. The average molecular weight is 737 g/mol. The lowest BCUT2D eigenvalue weighted by Crippen LogP contribution is -2.31. The molecule has 0 aromatic heterocycles. The Morgan fingerprint density at radius 1 is 0.481 bits per heavy atom. The quantitative estimate of drug-likeness (QED) is 0.0591. The van der Waals surface area contributed by atoms with E-state index in [1.165, 1.54) is 0 Å². The number of hydrogen-bond donors (Lipinski definition) is 2. The third-order valence-electron chi connectivity index (χ3n) is 7.45. The summed E-state index contributed by atoms with van der Waals surface area (Å²) in [4.78, 5) is 46.2. The number of rotatable bonds is 21. The third-order valence-corrected chi connectivity index (χ3v) is 7.45. The molecule has 0 radical (unpaired) electrons. The predicted octanol–water partition coefficient (Wildman–Crippen LogP) is 7.32. The number of hydrogen-bond acceptors (Lipinski definition) is 8. The first-order valence-electron chi connectivity index (χ1n) is 18.7. The first-order valence-corrected chi connectivity index (χ1v) is 18.7. The molecule has 2 rings (SSSR count). The van der Waals surface area contributed by atoms with Crippen molar-refractivity contribution in [2.24, 2.45) is 0 Å².